The van der Waals surface area contributed by atoms with Crippen LogP contribution in [0.25, 0.3) is 0 Å². The maximum atomic E-state index is 9.00. The minimum absolute atomic E-state index is 0. The summed E-state index contributed by atoms with van der Waals surface area (Å²) in [6.45, 7) is 3.36. The Balaban J connectivity index is -0.0000000135. The van der Waals surface area contributed by atoms with E-state index in [1.807, 2.05) is 0 Å². The summed E-state index contributed by atoms with van der Waals surface area (Å²) >= 11 is 0. The summed E-state index contributed by atoms with van der Waals surface area (Å²) in [6.07, 6.45) is 0. The van der Waals surface area contributed by atoms with Crippen molar-refractivity contribution in [2.75, 3.05) is 13.1 Å². The van der Waals surface area contributed by atoms with E-state index in [-0.39, 0.29) is 62.0 Å². The van der Waals surface area contributed by atoms with Crippen LogP contribution in [0.5, 0.6) is 0 Å². The molecule has 0 amide bonds. The molecule has 14 heavy (non-hydrogen) atoms. The number of nitrogens with two attached hydrogens (primary N) is 2. The van der Waals surface area contributed by atoms with Crippen LogP contribution in [0.15, 0.2) is 0 Å². The molecule has 0 aromatic heterocycles. The molecule has 0 aromatic rings. The van der Waals surface area contributed by atoms with Crippen molar-refractivity contribution >= 4 is 11.9 Å². The Labute approximate surface area is 131 Å². The first-order valence-electron chi connectivity index (χ1n) is 3.17. The van der Waals surface area contributed by atoms with E-state index in [2.05, 4.69) is 0 Å². The molecule has 0 aliphatic heterocycles. The molecule has 0 heterocycles. The fourth-order valence-electron chi connectivity index (χ4n) is 0. The van der Waals surface area contributed by atoms with E-state index in [1.165, 1.54) is 0 Å². The van der Waals surface area contributed by atoms with E-state index in [4.69, 9.17) is 31.3 Å². The molecular formula is C6H18N2Na2O4. The van der Waals surface area contributed by atoms with Gasteiger partial charge in [-0.15, -0.1) is 0 Å². The zero-order valence-corrected chi connectivity index (χ0v) is 13.3. The van der Waals surface area contributed by atoms with Crippen molar-refractivity contribution in [3.63, 3.8) is 0 Å². The number of carbonyl (C=O) groups is 2. The van der Waals surface area contributed by atoms with Gasteiger partial charge in [0.1, 0.15) is 0 Å². The van der Waals surface area contributed by atoms with Crippen molar-refractivity contribution in [3.8, 4) is 0 Å². The van der Waals surface area contributed by atoms with Gasteiger partial charge in [-0.1, -0.05) is 0 Å². The van der Waals surface area contributed by atoms with Crippen molar-refractivity contribution < 1.29 is 81.8 Å². The van der Waals surface area contributed by atoms with E-state index in [9.17, 15) is 0 Å². The first-order valence-corrected chi connectivity index (χ1v) is 3.17. The van der Waals surface area contributed by atoms with Crippen LogP contribution < -0.4 is 70.6 Å². The van der Waals surface area contributed by atoms with E-state index in [0.29, 0.717) is 13.1 Å². The third-order valence-corrected chi connectivity index (χ3v) is 0.167. The predicted octanol–water partition coefficient (Wildman–Crippen LogP) is -6.68. The summed E-state index contributed by atoms with van der Waals surface area (Å²) in [5.74, 6) is -1.67. The van der Waals surface area contributed by atoms with Crippen molar-refractivity contribution in [3.05, 3.63) is 0 Å². The third-order valence-electron chi connectivity index (χ3n) is 0.167. The van der Waals surface area contributed by atoms with E-state index in [0.717, 1.165) is 13.8 Å². The normalized spacial score (nSPS) is 5.71. The summed E-state index contributed by atoms with van der Waals surface area (Å²) in [5, 5.41) is 14.8. The molecule has 6 N–H and O–H groups in total. The molecule has 8 heteroatoms. The summed E-state index contributed by atoms with van der Waals surface area (Å²) < 4.78 is 0. The molecule has 0 rings (SSSR count). The topological polar surface area (TPSA) is 127 Å². The average molecular weight is 228 g/mol. The zero-order valence-electron chi connectivity index (χ0n) is 11.3. The van der Waals surface area contributed by atoms with Gasteiger partial charge in [0.15, 0.2) is 0 Å². The Morgan fingerprint density at radius 3 is 1.07 bits per heavy atom. The van der Waals surface area contributed by atoms with Gasteiger partial charge >= 0.3 is 59.1 Å². The smallest absolute Gasteiger partial charge is 1.00 e. The van der Waals surface area contributed by atoms with Gasteiger partial charge in [0.25, 0.3) is 11.9 Å². The van der Waals surface area contributed by atoms with Crippen LogP contribution in [-0.4, -0.2) is 35.2 Å². The molecule has 0 spiro atoms. The quantitative estimate of drug-likeness (QED) is 0.330. The van der Waals surface area contributed by atoms with Crippen molar-refractivity contribution in [2.24, 2.45) is 11.5 Å². The Kier molecular flexibility index (Phi) is 61.2. The van der Waals surface area contributed by atoms with Gasteiger partial charge in [-0.3, -0.25) is 9.59 Å². The molecule has 78 valence electrons. The molecular weight excluding hydrogens is 210 g/mol. The van der Waals surface area contributed by atoms with Gasteiger partial charge in [-0.2, -0.15) is 0 Å². The Morgan fingerprint density at radius 2 is 1.07 bits per heavy atom. The van der Waals surface area contributed by atoms with Crippen LogP contribution >= 0.6 is 0 Å². The molecule has 0 aliphatic carbocycles. The van der Waals surface area contributed by atoms with E-state index < -0.39 is 11.9 Å². The maximum Gasteiger partial charge on any atom is 1.00 e. The number of hydrogen-bond acceptors (Lipinski definition) is 4. The van der Waals surface area contributed by atoms with Crippen molar-refractivity contribution in [1.29, 1.82) is 0 Å². The van der Waals surface area contributed by atoms with E-state index >= 15 is 0 Å². The minimum atomic E-state index is -0.833. The first-order chi connectivity index (χ1) is 5.38. The molecule has 0 aromatic carbocycles. The SMILES string of the molecule is CC(=O)O.CC(=O)O.NCCN.[H-].[H-].[Na+].[Na+]. The molecule has 0 radical (unpaired) electrons. The summed E-state index contributed by atoms with van der Waals surface area (Å²) in [6, 6.07) is 0. The standard InChI is InChI=1S/C2H8N2.2C2H4O2.2Na.2H/c3-1-2-4;2*1-2(3)4;;;;/h1-4H2;2*1H3,(H,3,4);;;;/q;;;2*+1;2*-1. The Morgan fingerprint density at radius 1 is 1.00 bits per heavy atom. The second kappa shape index (κ2) is 29.2. The molecule has 0 aliphatic rings. The average Bonchev–Trinajstić information content (AvgIpc) is 1.85. The number of aliphatic carboxylic acids is 2. The first kappa shape index (κ1) is 29.4. The Bertz CT molecular complexity index is 111. The van der Waals surface area contributed by atoms with Crippen molar-refractivity contribution in [1.82, 2.24) is 0 Å². The van der Waals surface area contributed by atoms with Gasteiger partial charge in [-0.25, -0.2) is 0 Å². The van der Waals surface area contributed by atoms with Crippen LogP contribution in [0.4, 0.5) is 0 Å². The summed E-state index contributed by atoms with van der Waals surface area (Å²) in [7, 11) is 0. The number of rotatable bonds is 1. The van der Waals surface area contributed by atoms with Crippen LogP contribution in [0.2, 0.25) is 0 Å². The molecule has 0 fully saturated rings. The van der Waals surface area contributed by atoms with Crippen LogP contribution in [0.3, 0.4) is 0 Å². The molecule has 0 bridgehead atoms. The second-order valence-corrected chi connectivity index (χ2v) is 1.62. The van der Waals surface area contributed by atoms with Crippen LogP contribution in [-0.2, 0) is 9.59 Å². The molecule has 0 unspecified atom stereocenters. The van der Waals surface area contributed by atoms with Gasteiger partial charge < -0.3 is 24.5 Å². The van der Waals surface area contributed by atoms with Crippen LogP contribution in [0.1, 0.15) is 16.7 Å². The van der Waals surface area contributed by atoms with Gasteiger partial charge in [0.05, 0.1) is 0 Å². The van der Waals surface area contributed by atoms with Crippen molar-refractivity contribution in [2.45, 2.75) is 13.8 Å². The van der Waals surface area contributed by atoms with E-state index in [1.54, 1.807) is 0 Å². The van der Waals surface area contributed by atoms with Gasteiger partial charge in [0.2, 0.25) is 0 Å². The largest absolute Gasteiger partial charge is 1.00 e. The summed E-state index contributed by atoms with van der Waals surface area (Å²) in [4.78, 5) is 18.0. The molecule has 0 saturated carbocycles. The fraction of sp³-hybridized carbons (Fsp3) is 0.667. The number of carboxylic acid groups (broad SMARTS) is 2. The Hall–Kier alpha value is 0.860. The molecule has 0 atom stereocenters. The third kappa shape index (κ3) is 523. The van der Waals surface area contributed by atoms with Crippen LogP contribution in [0, 0.1) is 0 Å². The molecule has 6 nitrogen and oxygen atoms in total. The predicted molar refractivity (Wildman–Crippen MR) is 47.0 cm³/mol. The fourth-order valence-corrected chi connectivity index (χ4v) is 0. The zero-order chi connectivity index (χ0) is 10.6. The minimum Gasteiger partial charge on any atom is -1.00 e. The monoisotopic (exact) mass is 228 g/mol. The molecule has 0 saturated heterocycles. The van der Waals surface area contributed by atoms with Gasteiger partial charge in [0, 0.05) is 26.9 Å². The number of hydrogen-bond donors (Lipinski definition) is 4. The summed E-state index contributed by atoms with van der Waals surface area (Å²) in [5.41, 5.74) is 9.81. The second-order valence-electron chi connectivity index (χ2n) is 1.62. The van der Waals surface area contributed by atoms with Gasteiger partial charge in [-0.05, 0) is 0 Å². The number of carboxylic acids is 2. The maximum absolute atomic E-state index is 9.00.